The fourth-order valence-electron chi connectivity index (χ4n) is 0.705. The summed E-state index contributed by atoms with van der Waals surface area (Å²) in [5, 5.41) is 15.6. The molecule has 0 aromatic heterocycles. The molecule has 0 aliphatic heterocycles. The molecule has 1 rings (SSSR count). The van der Waals surface area contributed by atoms with Crippen molar-refractivity contribution in [3.63, 3.8) is 0 Å². The number of hydrogen-bond acceptors (Lipinski definition) is 3. The first-order valence-electron chi connectivity index (χ1n) is 3.61. The molecule has 0 fully saturated rings. The first-order valence-corrected chi connectivity index (χ1v) is 3.61. The molecule has 0 saturated heterocycles. The summed E-state index contributed by atoms with van der Waals surface area (Å²) in [6.45, 7) is 0. The van der Waals surface area contributed by atoms with Crippen molar-refractivity contribution < 1.29 is 24.2 Å². The zero-order valence-electron chi connectivity index (χ0n) is 7.88. The number of rotatable bonds is 1. The van der Waals surface area contributed by atoms with E-state index in [2.05, 4.69) is 5.73 Å². The van der Waals surface area contributed by atoms with Crippen molar-refractivity contribution in [1.82, 2.24) is 0 Å². The first kappa shape index (κ1) is 16.4. The normalized spacial score (nSPS) is 8.06. The molecule has 8 heteroatoms. The van der Waals surface area contributed by atoms with Gasteiger partial charge in [-0.1, -0.05) is 0 Å². The summed E-state index contributed by atoms with van der Waals surface area (Å²) in [6.07, 6.45) is -1.33. The second-order valence-electron chi connectivity index (χ2n) is 2.38. The molecule has 90 valence electrons. The number of halogens is 2. The van der Waals surface area contributed by atoms with Gasteiger partial charge in [0.2, 0.25) is 0 Å². The highest BCUT2D eigenvalue weighted by Gasteiger charge is 2.08. The van der Waals surface area contributed by atoms with Crippen LogP contribution in [0.1, 0.15) is 10.4 Å². The smallest absolute Gasteiger partial charge is 0.402 e. The molecule has 0 unspecified atom stereocenters. The minimum Gasteiger partial charge on any atom is -0.478 e. The Bertz CT molecular complexity index is 382. The average molecular weight is 253 g/mol. The van der Waals surface area contributed by atoms with E-state index in [-0.39, 0.29) is 23.7 Å². The first-order chi connectivity index (χ1) is 6.84. The third-order valence-electron chi connectivity index (χ3n) is 1.22. The van der Waals surface area contributed by atoms with Crippen LogP contribution in [-0.2, 0) is 0 Å². The maximum Gasteiger partial charge on any atom is 0.402 e. The SMILES string of the molecule is Cl.NC(=O)O.Nc1ccc(C(=O)O)c(F)c1. The maximum absolute atomic E-state index is 12.6. The van der Waals surface area contributed by atoms with Crippen molar-refractivity contribution in [2.75, 3.05) is 5.73 Å². The lowest BCUT2D eigenvalue weighted by atomic mass is 10.2. The van der Waals surface area contributed by atoms with Crippen molar-refractivity contribution in [1.29, 1.82) is 0 Å². The molecule has 6 N–H and O–H groups in total. The van der Waals surface area contributed by atoms with E-state index in [1.54, 1.807) is 0 Å². The largest absolute Gasteiger partial charge is 0.478 e. The number of aromatic carboxylic acids is 1. The lowest BCUT2D eigenvalue weighted by Gasteiger charge is -1.96. The Labute approximate surface area is 96.1 Å². The van der Waals surface area contributed by atoms with Gasteiger partial charge < -0.3 is 21.7 Å². The van der Waals surface area contributed by atoms with Gasteiger partial charge in [-0.25, -0.2) is 14.0 Å². The third-order valence-corrected chi connectivity index (χ3v) is 1.22. The standard InChI is InChI=1S/C7H6FNO2.CH3NO2.ClH/c8-6-3-4(9)1-2-5(6)7(10)11;2-1(3)4;/h1-3H,9H2,(H,10,11);2H2,(H,3,4);1H. The molecule has 0 aliphatic carbocycles. The number of anilines is 1. The van der Waals surface area contributed by atoms with Gasteiger partial charge in [0.05, 0.1) is 5.56 Å². The van der Waals surface area contributed by atoms with Crippen molar-refractivity contribution in [2.45, 2.75) is 0 Å². The Balaban J connectivity index is 0. The molecule has 0 aliphatic rings. The number of benzene rings is 1. The Hall–Kier alpha value is -2.02. The molecule has 0 bridgehead atoms. The van der Waals surface area contributed by atoms with Gasteiger partial charge in [0.15, 0.2) is 0 Å². The van der Waals surface area contributed by atoms with Gasteiger partial charge in [-0.3, -0.25) is 0 Å². The number of nitrogens with two attached hydrogens (primary N) is 2. The highest BCUT2D eigenvalue weighted by atomic mass is 35.5. The number of hydrogen-bond donors (Lipinski definition) is 4. The van der Waals surface area contributed by atoms with E-state index in [0.29, 0.717) is 0 Å². The molecular weight excluding hydrogens is 243 g/mol. The third kappa shape index (κ3) is 6.44. The van der Waals surface area contributed by atoms with Gasteiger partial charge in [-0.15, -0.1) is 12.4 Å². The molecule has 1 aromatic carbocycles. The monoisotopic (exact) mass is 252 g/mol. The molecule has 6 nitrogen and oxygen atoms in total. The predicted molar refractivity (Wildman–Crippen MR) is 57.2 cm³/mol. The van der Waals surface area contributed by atoms with Crippen LogP contribution in [0, 0.1) is 5.82 Å². The lowest BCUT2D eigenvalue weighted by Crippen LogP contribution is -2.03. The van der Waals surface area contributed by atoms with E-state index in [1.807, 2.05) is 0 Å². The number of carboxylic acids is 1. The molecule has 0 saturated carbocycles. The summed E-state index contributed by atoms with van der Waals surface area (Å²) in [5.74, 6) is -2.10. The van der Waals surface area contributed by atoms with Crippen LogP contribution in [-0.4, -0.2) is 22.3 Å². The summed E-state index contributed by atoms with van der Waals surface area (Å²) < 4.78 is 12.6. The van der Waals surface area contributed by atoms with Crippen molar-refractivity contribution in [3.05, 3.63) is 29.6 Å². The fraction of sp³-hybridized carbons (Fsp3) is 0. The zero-order valence-corrected chi connectivity index (χ0v) is 8.70. The number of carboxylic acid groups (broad SMARTS) is 2. The van der Waals surface area contributed by atoms with Gasteiger partial charge in [0, 0.05) is 5.69 Å². The van der Waals surface area contributed by atoms with Gasteiger partial charge in [0.25, 0.3) is 0 Å². The minimum atomic E-state index is -1.33. The number of primary amides is 1. The quantitative estimate of drug-likeness (QED) is 0.558. The van der Waals surface area contributed by atoms with Gasteiger partial charge in [-0.2, -0.15) is 0 Å². The molecule has 1 amide bonds. The molecule has 0 atom stereocenters. The summed E-state index contributed by atoms with van der Waals surface area (Å²) in [5.41, 5.74) is 9.08. The van der Waals surface area contributed by atoms with E-state index >= 15 is 0 Å². The number of amides is 1. The summed E-state index contributed by atoms with van der Waals surface area (Å²) in [7, 11) is 0. The molecule has 1 aromatic rings. The summed E-state index contributed by atoms with van der Waals surface area (Å²) in [4.78, 5) is 19.0. The van der Waals surface area contributed by atoms with Gasteiger partial charge in [0.1, 0.15) is 5.82 Å². The highest BCUT2D eigenvalue weighted by molar-refractivity contribution is 5.88. The van der Waals surface area contributed by atoms with Crippen LogP contribution in [0.2, 0.25) is 0 Å². The lowest BCUT2D eigenvalue weighted by molar-refractivity contribution is 0.0692. The summed E-state index contributed by atoms with van der Waals surface area (Å²) in [6, 6.07) is 3.45. The van der Waals surface area contributed by atoms with Crippen molar-refractivity contribution in [3.8, 4) is 0 Å². The Kier molecular flexibility index (Phi) is 7.48. The van der Waals surface area contributed by atoms with Crippen LogP contribution in [0.25, 0.3) is 0 Å². The zero-order chi connectivity index (χ0) is 12.0. The molecule has 16 heavy (non-hydrogen) atoms. The van der Waals surface area contributed by atoms with Crippen LogP contribution in [0.3, 0.4) is 0 Å². The second-order valence-corrected chi connectivity index (χ2v) is 2.38. The molecule has 0 heterocycles. The Morgan fingerprint density at radius 1 is 1.25 bits per heavy atom. The van der Waals surface area contributed by atoms with E-state index in [4.69, 9.17) is 20.7 Å². The van der Waals surface area contributed by atoms with Gasteiger partial charge in [-0.05, 0) is 18.2 Å². The van der Waals surface area contributed by atoms with Crippen molar-refractivity contribution in [2.24, 2.45) is 5.73 Å². The minimum absolute atomic E-state index is 0. The molecule has 0 spiro atoms. The van der Waals surface area contributed by atoms with Crippen molar-refractivity contribution >= 4 is 30.2 Å². The molecular formula is C8H10ClFN2O4. The van der Waals surface area contributed by atoms with Crippen LogP contribution in [0.15, 0.2) is 18.2 Å². The summed E-state index contributed by atoms with van der Waals surface area (Å²) >= 11 is 0. The number of nitrogen functional groups attached to an aromatic ring is 1. The Morgan fingerprint density at radius 2 is 1.69 bits per heavy atom. The van der Waals surface area contributed by atoms with E-state index in [0.717, 1.165) is 12.1 Å². The fourth-order valence-corrected chi connectivity index (χ4v) is 0.705. The Morgan fingerprint density at radius 3 is 2.00 bits per heavy atom. The van der Waals surface area contributed by atoms with E-state index in [1.165, 1.54) is 6.07 Å². The van der Waals surface area contributed by atoms with E-state index < -0.39 is 17.9 Å². The predicted octanol–water partition coefficient (Wildman–Crippen LogP) is 1.15. The van der Waals surface area contributed by atoms with Gasteiger partial charge >= 0.3 is 12.1 Å². The molecule has 0 radical (unpaired) electrons. The second kappa shape index (κ2) is 7.30. The maximum atomic E-state index is 12.6. The topological polar surface area (TPSA) is 127 Å². The van der Waals surface area contributed by atoms with E-state index in [9.17, 15) is 9.18 Å². The average Bonchev–Trinajstić information content (AvgIpc) is 2.01. The van der Waals surface area contributed by atoms with Crippen LogP contribution in [0.5, 0.6) is 0 Å². The van der Waals surface area contributed by atoms with Crippen LogP contribution >= 0.6 is 12.4 Å². The highest BCUT2D eigenvalue weighted by Crippen LogP contribution is 2.10. The van der Waals surface area contributed by atoms with Crippen LogP contribution < -0.4 is 11.5 Å². The van der Waals surface area contributed by atoms with Crippen LogP contribution in [0.4, 0.5) is 14.9 Å². The number of carbonyl (C=O) groups is 2.